The van der Waals surface area contributed by atoms with Gasteiger partial charge in [0.1, 0.15) is 18.1 Å². The van der Waals surface area contributed by atoms with Crippen molar-refractivity contribution in [3.05, 3.63) is 58.1 Å². The highest BCUT2D eigenvalue weighted by Gasteiger charge is 2.23. The highest BCUT2D eigenvalue weighted by molar-refractivity contribution is 6.34. The fourth-order valence-electron chi connectivity index (χ4n) is 3.42. The van der Waals surface area contributed by atoms with Crippen molar-refractivity contribution >= 4 is 50.8 Å². The Bertz CT molecular complexity index is 1240. The van der Waals surface area contributed by atoms with Gasteiger partial charge in [-0.2, -0.15) is 0 Å². The minimum Gasteiger partial charge on any atom is -0.480 e. The molecule has 0 aliphatic rings. The molecule has 0 amide bonds. The molecule has 2 aromatic carbocycles. The predicted octanol–water partition coefficient (Wildman–Crippen LogP) is 5.09. The van der Waals surface area contributed by atoms with Gasteiger partial charge in [-0.25, -0.2) is 4.39 Å². The maximum absolute atomic E-state index is 14.7. The molecule has 0 unspecified atom stereocenters. The number of benzene rings is 2. The van der Waals surface area contributed by atoms with Crippen LogP contribution in [0.5, 0.6) is 0 Å². The van der Waals surface area contributed by atoms with E-state index in [4.69, 9.17) is 23.2 Å². The molecule has 2 heterocycles. The number of hydrogen-bond donors (Lipinski definition) is 1. The fourth-order valence-corrected chi connectivity index (χ4v) is 3.82. The first-order valence-corrected chi connectivity index (χ1v) is 8.75. The van der Waals surface area contributed by atoms with E-state index in [2.05, 4.69) is 10.2 Å². The van der Waals surface area contributed by atoms with E-state index in [9.17, 15) is 14.3 Å². The summed E-state index contributed by atoms with van der Waals surface area (Å²) in [6, 6.07) is 10.1. The molecule has 0 saturated carbocycles. The maximum Gasteiger partial charge on any atom is 0.323 e. The van der Waals surface area contributed by atoms with Crippen LogP contribution in [0.25, 0.3) is 32.9 Å². The highest BCUT2D eigenvalue weighted by Crippen LogP contribution is 2.39. The van der Waals surface area contributed by atoms with E-state index in [1.54, 1.807) is 13.0 Å². The van der Waals surface area contributed by atoms with Crippen LogP contribution in [0.3, 0.4) is 0 Å². The zero-order valence-corrected chi connectivity index (χ0v) is 15.5. The second-order valence-electron chi connectivity index (χ2n) is 6.11. The average Bonchev–Trinajstić information content (AvgIpc) is 2.87. The van der Waals surface area contributed by atoms with Gasteiger partial charge >= 0.3 is 5.97 Å². The van der Waals surface area contributed by atoms with Crippen LogP contribution in [0.4, 0.5) is 4.39 Å². The lowest BCUT2D eigenvalue weighted by Gasteiger charge is -2.08. The third-order valence-corrected chi connectivity index (χ3v) is 5.00. The number of carboxylic acid groups (broad SMARTS) is 1. The number of halogens is 3. The molecule has 0 spiro atoms. The molecule has 2 aromatic heterocycles. The number of aliphatic carboxylic acids is 1. The first-order chi connectivity index (χ1) is 12.9. The maximum atomic E-state index is 14.7. The molecule has 0 bridgehead atoms. The molecule has 5 nitrogen and oxygen atoms in total. The molecule has 0 radical (unpaired) electrons. The Morgan fingerprint density at radius 3 is 2.56 bits per heavy atom. The first-order valence-electron chi connectivity index (χ1n) is 7.99. The normalized spacial score (nSPS) is 11.4. The van der Waals surface area contributed by atoms with E-state index >= 15 is 0 Å². The van der Waals surface area contributed by atoms with Gasteiger partial charge in [0.05, 0.1) is 5.52 Å². The Balaban J connectivity index is 2.17. The van der Waals surface area contributed by atoms with E-state index in [1.165, 1.54) is 4.57 Å². The molecule has 0 aliphatic carbocycles. The molecule has 0 aliphatic heterocycles. The summed E-state index contributed by atoms with van der Waals surface area (Å²) in [5, 5.41) is 19.9. The van der Waals surface area contributed by atoms with E-state index in [1.807, 2.05) is 24.3 Å². The van der Waals surface area contributed by atoms with Crippen LogP contribution in [0.2, 0.25) is 10.2 Å². The smallest absolute Gasteiger partial charge is 0.323 e. The van der Waals surface area contributed by atoms with Crippen LogP contribution >= 0.6 is 23.2 Å². The third-order valence-electron chi connectivity index (χ3n) is 4.51. The number of rotatable bonds is 3. The minimum atomic E-state index is -1.08. The number of nitrogens with zero attached hydrogens (tertiary/aromatic N) is 3. The van der Waals surface area contributed by atoms with Crippen LogP contribution in [-0.4, -0.2) is 25.8 Å². The summed E-state index contributed by atoms with van der Waals surface area (Å²) < 4.78 is 16.1. The van der Waals surface area contributed by atoms with Crippen molar-refractivity contribution in [2.75, 3.05) is 0 Å². The third kappa shape index (κ3) is 2.81. The van der Waals surface area contributed by atoms with Gasteiger partial charge in [0.2, 0.25) is 0 Å². The van der Waals surface area contributed by atoms with Crippen molar-refractivity contribution in [2.24, 2.45) is 0 Å². The summed E-state index contributed by atoms with van der Waals surface area (Å²) >= 11 is 12.2. The topological polar surface area (TPSA) is 68.0 Å². The van der Waals surface area contributed by atoms with Crippen molar-refractivity contribution in [3.8, 4) is 11.3 Å². The van der Waals surface area contributed by atoms with Gasteiger partial charge in [0.25, 0.3) is 0 Å². The fraction of sp³-hybridized carbons (Fsp3) is 0.105. The predicted molar refractivity (Wildman–Crippen MR) is 103 cm³/mol. The molecule has 0 fully saturated rings. The number of aromatic nitrogens is 3. The molecule has 0 saturated heterocycles. The Morgan fingerprint density at radius 1 is 1.15 bits per heavy atom. The summed E-state index contributed by atoms with van der Waals surface area (Å²) in [6.45, 7) is 1.33. The Hall–Kier alpha value is -2.70. The van der Waals surface area contributed by atoms with Crippen molar-refractivity contribution in [2.45, 2.75) is 13.5 Å². The Labute approximate surface area is 163 Å². The van der Waals surface area contributed by atoms with Gasteiger partial charge in [-0.1, -0.05) is 47.5 Å². The van der Waals surface area contributed by atoms with Gasteiger partial charge in [-0.15, -0.1) is 10.2 Å². The number of carbonyl (C=O) groups is 1. The van der Waals surface area contributed by atoms with Crippen molar-refractivity contribution in [3.63, 3.8) is 0 Å². The van der Waals surface area contributed by atoms with Crippen molar-refractivity contribution in [1.29, 1.82) is 0 Å². The molecule has 8 heteroatoms. The Kier molecular flexibility index (Phi) is 4.25. The number of carboxylic acids is 1. The molecular weight excluding hydrogens is 392 g/mol. The average molecular weight is 404 g/mol. The first kappa shape index (κ1) is 17.7. The van der Waals surface area contributed by atoms with Crippen LogP contribution in [0, 0.1) is 12.7 Å². The standard InChI is InChI=1S/C19H12Cl2FN3O2/c1-9-16(17-11-4-2-3-5-12(11)19(21)24-23-17)13-6-10(20)7-14(22)18(13)25(9)8-15(26)27/h2-7H,8H2,1H3,(H,26,27). The zero-order valence-electron chi connectivity index (χ0n) is 14.0. The lowest BCUT2D eigenvalue weighted by Crippen LogP contribution is -2.10. The SMILES string of the molecule is Cc1c(-c2nnc(Cl)c3ccccc23)c2cc(Cl)cc(F)c2n1CC(=O)O. The number of fused-ring (bicyclic) bond motifs is 2. The number of hydrogen-bond acceptors (Lipinski definition) is 3. The monoisotopic (exact) mass is 403 g/mol. The van der Waals surface area contributed by atoms with E-state index in [0.29, 0.717) is 27.7 Å². The lowest BCUT2D eigenvalue weighted by atomic mass is 10.0. The summed E-state index contributed by atoms with van der Waals surface area (Å²) in [5.41, 5.74) is 1.78. The summed E-state index contributed by atoms with van der Waals surface area (Å²) in [4.78, 5) is 11.3. The molecule has 4 aromatic rings. The van der Waals surface area contributed by atoms with Gasteiger partial charge < -0.3 is 9.67 Å². The largest absolute Gasteiger partial charge is 0.480 e. The molecule has 1 N–H and O–H groups in total. The molecule has 136 valence electrons. The van der Waals surface area contributed by atoms with E-state index < -0.39 is 11.8 Å². The Morgan fingerprint density at radius 2 is 1.85 bits per heavy atom. The second-order valence-corrected chi connectivity index (χ2v) is 6.90. The summed E-state index contributed by atoms with van der Waals surface area (Å²) in [6.07, 6.45) is 0. The van der Waals surface area contributed by atoms with Crippen LogP contribution < -0.4 is 0 Å². The van der Waals surface area contributed by atoms with Gasteiger partial charge in [0.15, 0.2) is 5.15 Å². The molecule has 4 rings (SSSR count). The van der Waals surface area contributed by atoms with Gasteiger partial charge in [-0.3, -0.25) is 4.79 Å². The highest BCUT2D eigenvalue weighted by atomic mass is 35.5. The molecular formula is C19H12Cl2FN3O2. The zero-order chi connectivity index (χ0) is 19.3. The summed E-state index contributed by atoms with van der Waals surface area (Å²) in [5.74, 6) is -1.68. The quantitative estimate of drug-likeness (QED) is 0.517. The van der Waals surface area contributed by atoms with Gasteiger partial charge in [-0.05, 0) is 19.1 Å². The van der Waals surface area contributed by atoms with Crippen LogP contribution in [0.1, 0.15) is 5.69 Å². The summed E-state index contributed by atoms with van der Waals surface area (Å²) in [7, 11) is 0. The second kappa shape index (κ2) is 6.48. The van der Waals surface area contributed by atoms with E-state index in [-0.39, 0.29) is 22.2 Å². The lowest BCUT2D eigenvalue weighted by molar-refractivity contribution is -0.137. The van der Waals surface area contributed by atoms with Crippen molar-refractivity contribution in [1.82, 2.24) is 14.8 Å². The minimum absolute atomic E-state index is 0.162. The van der Waals surface area contributed by atoms with E-state index in [0.717, 1.165) is 11.5 Å². The van der Waals surface area contributed by atoms with Gasteiger partial charge in [0, 0.05) is 32.4 Å². The molecule has 27 heavy (non-hydrogen) atoms. The molecule has 0 atom stereocenters. The van der Waals surface area contributed by atoms with Crippen LogP contribution in [0.15, 0.2) is 36.4 Å². The van der Waals surface area contributed by atoms with Crippen LogP contribution in [-0.2, 0) is 11.3 Å². The van der Waals surface area contributed by atoms with Crippen molar-refractivity contribution < 1.29 is 14.3 Å².